The Bertz CT molecular complexity index is 438. The van der Waals surface area contributed by atoms with Gasteiger partial charge in [0.2, 0.25) is 17.7 Å². The Morgan fingerprint density at radius 1 is 1.37 bits per heavy atom. The molecule has 0 bridgehead atoms. The first-order valence-electron chi connectivity index (χ1n) is 5.92. The molecule has 0 spiro atoms. The number of imide groups is 1. The highest BCUT2D eigenvalue weighted by atomic mass is 16.4. The molecule has 0 aromatic heterocycles. The molecule has 0 aromatic carbocycles. The highest BCUT2D eigenvalue weighted by molar-refractivity contribution is 6.07. The van der Waals surface area contributed by atoms with Gasteiger partial charge in [0.25, 0.3) is 0 Å². The summed E-state index contributed by atoms with van der Waals surface area (Å²) in [5.74, 6) is -4.47. The molecule has 7 nitrogen and oxygen atoms in total. The van der Waals surface area contributed by atoms with Crippen LogP contribution < -0.4 is 5.32 Å². The molecule has 106 valence electrons. The summed E-state index contributed by atoms with van der Waals surface area (Å²) in [6.45, 7) is 6.04. The summed E-state index contributed by atoms with van der Waals surface area (Å²) in [4.78, 5) is 47.4. The maximum absolute atomic E-state index is 12.3. The molecule has 2 atom stereocenters. The minimum Gasteiger partial charge on any atom is -0.481 e. The monoisotopic (exact) mass is 270 g/mol. The van der Waals surface area contributed by atoms with Gasteiger partial charge in [-0.2, -0.15) is 0 Å². The fourth-order valence-corrected chi connectivity index (χ4v) is 2.00. The summed E-state index contributed by atoms with van der Waals surface area (Å²) in [6.07, 6.45) is 0. The molecule has 0 radical (unpaired) electrons. The van der Waals surface area contributed by atoms with Crippen molar-refractivity contribution in [2.45, 2.75) is 33.7 Å². The number of hydrogen-bond donors (Lipinski definition) is 2. The molecular weight excluding hydrogens is 252 g/mol. The number of hydrogen-bond acceptors (Lipinski definition) is 4. The van der Waals surface area contributed by atoms with Crippen molar-refractivity contribution in [3.63, 3.8) is 0 Å². The number of amides is 3. The van der Waals surface area contributed by atoms with Crippen LogP contribution in [0.1, 0.15) is 27.7 Å². The summed E-state index contributed by atoms with van der Waals surface area (Å²) in [6, 6.07) is -0.852. The summed E-state index contributed by atoms with van der Waals surface area (Å²) < 4.78 is 0. The van der Waals surface area contributed by atoms with Crippen LogP contribution >= 0.6 is 0 Å². The highest BCUT2D eigenvalue weighted by Gasteiger charge is 2.44. The van der Waals surface area contributed by atoms with Gasteiger partial charge >= 0.3 is 5.97 Å². The van der Waals surface area contributed by atoms with Crippen LogP contribution in [0.25, 0.3) is 0 Å². The molecule has 0 aromatic rings. The van der Waals surface area contributed by atoms with Gasteiger partial charge in [-0.05, 0) is 12.3 Å². The van der Waals surface area contributed by atoms with Crippen LogP contribution in [0.2, 0.25) is 0 Å². The molecule has 2 unspecified atom stereocenters. The van der Waals surface area contributed by atoms with Gasteiger partial charge < -0.3 is 10.0 Å². The van der Waals surface area contributed by atoms with Crippen LogP contribution in [-0.4, -0.2) is 46.3 Å². The first-order valence-corrected chi connectivity index (χ1v) is 5.92. The van der Waals surface area contributed by atoms with E-state index in [2.05, 4.69) is 5.32 Å². The zero-order valence-electron chi connectivity index (χ0n) is 11.4. The van der Waals surface area contributed by atoms with E-state index in [1.165, 1.54) is 6.92 Å². The van der Waals surface area contributed by atoms with Gasteiger partial charge in [-0.15, -0.1) is 0 Å². The molecule has 3 amide bonds. The number of rotatable bonds is 2. The Kier molecular flexibility index (Phi) is 3.97. The SMILES string of the molecule is CC1C(=O)NC(=O)CN1C(=O)C(C(=O)O)C(C)(C)C. The lowest BCUT2D eigenvalue weighted by atomic mass is 9.79. The van der Waals surface area contributed by atoms with Gasteiger partial charge in [0.1, 0.15) is 18.5 Å². The maximum Gasteiger partial charge on any atom is 0.316 e. The fraction of sp³-hybridized carbons (Fsp3) is 0.667. The van der Waals surface area contributed by atoms with Crippen LogP contribution in [0, 0.1) is 11.3 Å². The third kappa shape index (κ3) is 3.10. The topological polar surface area (TPSA) is 104 Å². The fourth-order valence-electron chi connectivity index (χ4n) is 2.00. The van der Waals surface area contributed by atoms with Gasteiger partial charge in [0.05, 0.1) is 0 Å². The molecule has 1 aliphatic rings. The first-order chi connectivity index (χ1) is 8.55. The number of nitrogens with one attached hydrogen (secondary N) is 1. The van der Waals surface area contributed by atoms with Crippen molar-refractivity contribution in [3.05, 3.63) is 0 Å². The number of carbonyl (C=O) groups excluding carboxylic acids is 3. The van der Waals surface area contributed by atoms with Crippen molar-refractivity contribution in [2.24, 2.45) is 11.3 Å². The van der Waals surface area contributed by atoms with E-state index in [4.69, 9.17) is 0 Å². The normalized spacial score (nSPS) is 21.9. The van der Waals surface area contributed by atoms with Crippen molar-refractivity contribution in [1.29, 1.82) is 0 Å². The average Bonchev–Trinajstić information content (AvgIpc) is 2.20. The number of carboxylic acid groups (broad SMARTS) is 1. The van der Waals surface area contributed by atoms with Crippen molar-refractivity contribution >= 4 is 23.7 Å². The maximum atomic E-state index is 12.3. The highest BCUT2D eigenvalue weighted by Crippen LogP contribution is 2.29. The number of carboxylic acids is 1. The van der Waals surface area contributed by atoms with E-state index in [0.717, 1.165) is 4.90 Å². The van der Waals surface area contributed by atoms with Crippen molar-refractivity contribution in [3.8, 4) is 0 Å². The standard InChI is InChI=1S/C12H18N2O5/c1-6-9(16)13-7(15)5-14(6)10(17)8(11(18)19)12(2,3)4/h6,8H,5H2,1-4H3,(H,18,19)(H,13,15,16). The van der Waals surface area contributed by atoms with Gasteiger partial charge in [0, 0.05) is 0 Å². The molecule has 7 heteroatoms. The number of piperazine rings is 1. The lowest BCUT2D eigenvalue weighted by Crippen LogP contribution is -2.61. The van der Waals surface area contributed by atoms with E-state index >= 15 is 0 Å². The predicted octanol–water partition coefficient (Wildman–Crippen LogP) is -0.393. The lowest BCUT2D eigenvalue weighted by molar-refractivity contribution is -0.162. The second kappa shape index (κ2) is 4.99. The third-order valence-corrected chi connectivity index (χ3v) is 3.07. The van der Waals surface area contributed by atoms with Crippen LogP contribution in [0.3, 0.4) is 0 Å². The Morgan fingerprint density at radius 3 is 2.32 bits per heavy atom. The second-order valence-electron chi connectivity index (χ2n) is 5.69. The molecule has 0 saturated carbocycles. The van der Waals surface area contributed by atoms with Gasteiger partial charge in [-0.3, -0.25) is 24.5 Å². The summed E-state index contributed by atoms with van der Waals surface area (Å²) >= 11 is 0. The van der Waals surface area contributed by atoms with Crippen molar-refractivity contribution in [2.75, 3.05) is 6.54 Å². The van der Waals surface area contributed by atoms with Crippen molar-refractivity contribution < 1.29 is 24.3 Å². The Balaban J connectivity index is 3.06. The van der Waals surface area contributed by atoms with E-state index in [9.17, 15) is 24.3 Å². The van der Waals surface area contributed by atoms with Crippen LogP contribution in [0.15, 0.2) is 0 Å². The first kappa shape index (κ1) is 15.1. The van der Waals surface area contributed by atoms with Gasteiger partial charge in [0.15, 0.2) is 0 Å². The zero-order valence-corrected chi connectivity index (χ0v) is 11.4. The Morgan fingerprint density at radius 2 is 1.89 bits per heavy atom. The Labute approximate surface area is 110 Å². The molecule has 1 saturated heterocycles. The minimum atomic E-state index is -1.30. The van der Waals surface area contributed by atoms with E-state index in [1.54, 1.807) is 20.8 Å². The van der Waals surface area contributed by atoms with Crippen LogP contribution in [-0.2, 0) is 19.2 Å². The zero-order chi connectivity index (χ0) is 15.0. The largest absolute Gasteiger partial charge is 0.481 e. The summed E-state index contributed by atoms with van der Waals surface area (Å²) in [7, 11) is 0. The molecule has 1 heterocycles. The van der Waals surface area contributed by atoms with Gasteiger partial charge in [-0.25, -0.2) is 0 Å². The summed E-state index contributed by atoms with van der Waals surface area (Å²) in [5, 5.41) is 11.3. The molecule has 1 rings (SSSR count). The number of aliphatic carboxylic acids is 1. The lowest BCUT2D eigenvalue weighted by Gasteiger charge is -2.36. The van der Waals surface area contributed by atoms with E-state index < -0.39 is 41.1 Å². The smallest absolute Gasteiger partial charge is 0.316 e. The second-order valence-corrected chi connectivity index (χ2v) is 5.69. The van der Waals surface area contributed by atoms with Crippen LogP contribution in [0.5, 0.6) is 0 Å². The Hall–Kier alpha value is -1.92. The van der Waals surface area contributed by atoms with Crippen molar-refractivity contribution in [1.82, 2.24) is 10.2 Å². The van der Waals surface area contributed by atoms with E-state index in [1.807, 2.05) is 0 Å². The quantitative estimate of drug-likeness (QED) is 0.525. The molecule has 0 aliphatic carbocycles. The molecular formula is C12H18N2O5. The molecule has 1 fully saturated rings. The average molecular weight is 270 g/mol. The third-order valence-electron chi connectivity index (χ3n) is 3.07. The number of nitrogens with zero attached hydrogens (tertiary/aromatic N) is 1. The van der Waals surface area contributed by atoms with E-state index in [-0.39, 0.29) is 6.54 Å². The van der Waals surface area contributed by atoms with E-state index in [0.29, 0.717) is 0 Å². The van der Waals surface area contributed by atoms with Gasteiger partial charge in [-0.1, -0.05) is 20.8 Å². The molecule has 19 heavy (non-hydrogen) atoms. The summed E-state index contributed by atoms with van der Waals surface area (Å²) in [5.41, 5.74) is -0.806. The molecule has 2 N–H and O–H groups in total. The number of carbonyl (C=O) groups is 4. The predicted molar refractivity (Wildman–Crippen MR) is 64.9 cm³/mol. The minimum absolute atomic E-state index is 0.300. The molecule has 1 aliphatic heterocycles. The van der Waals surface area contributed by atoms with Crippen LogP contribution in [0.4, 0.5) is 0 Å².